The van der Waals surface area contributed by atoms with E-state index in [-0.39, 0.29) is 5.91 Å². The highest BCUT2D eigenvalue weighted by molar-refractivity contribution is 6.29. The zero-order chi connectivity index (χ0) is 12.0. The molecule has 0 aliphatic carbocycles. The topological polar surface area (TPSA) is 33.2 Å². The van der Waals surface area contributed by atoms with Gasteiger partial charge in [0, 0.05) is 25.4 Å². The lowest BCUT2D eigenvalue weighted by Crippen LogP contribution is -2.27. The quantitative estimate of drug-likeness (QED) is 0.449. The van der Waals surface area contributed by atoms with Crippen molar-refractivity contribution in [3.63, 3.8) is 0 Å². The van der Waals surface area contributed by atoms with E-state index in [0.29, 0.717) is 17.3 Å². The third-order valence-corrected chi connectivity index (χ3v) is 2.43. The van der Waals surface area contributed by atoms with E-state index < -0.39 is 0 Å². The number of hydrogen-bond donors (Lipinski definition) is 0. The van der Waals surface area contributed by atoms with E-state index in [2.05, 4.69) is 11.6 Å². The Balaban J connectivity index is 2.59. The summed E-state index contributed by atoms with van der Waals surface area (Å²) in [6, 6.07) is 3.24. The van der Waals surface area contributed by atoms with Crippen LogP contribution in [0.4, 0.5) is 0 Å². The summed E-state index contributed by atoms with van der Waals surface area (Å²) in [6.07, 6.45) is 5.22. The first-order chi connectivity index (χ1) is 7.65. The largest absolute Gasteiger partial charge is 0.342 e. The molecule has 0 aromatic carbocycles. The molecule has 0 bridgehead atoms. The SMILES string of the molecule is C=CCCCN(C)C(=O)c1ccnc(Cl)c1. The summed E-state index contributed by atoms with van der Waals surface area (Å²) < 4.78 is 0. The Morgan fingerprint density at radius 3 is 3.06 bits per heavy atom. The van der Waals surface area contributed by atoms with Crippen molar-refractivity contribution < 1.29 is 4.79 Å². The maximum atomic E-state index is 11.9. The van der Waals surface area contributed by atoms with Gasteiger partial charge in [0.1, 0.15) is 5.15 Å². The Kier molecular flexibility index (Phi) is 4.99. The molecule has 0 aliphatic rings. The number of amides is 1. The first-order valence-electron chi connectivity index (χ1n) is 5.13. The molecule has 0 spiro atoms. The molecule has 0 aliphatic heterocycles. The second-order valence-corrected chi connectivity index (χ2v) is 3.91. The molecule has 0 saturated heterocycles. The van der Waals surface area contributed by atoms with Gasteiger partial charge in [0.25, 0.3) is 5.91 Å². The first-order valence-corrected chi connectivity index (χ1v) is 5.51. The third-order valence-electron chi connectivity index (χ3n) is 2.22. The van der Waals surface area contributed by atoms with Gasteiger partial charge in [0.05, 0.1) is 0 Å². The van der Waals surface area contributed by atoms with E-state index in [1.165, 1.54) is 6.20 Å². The van der Waals surface area contributed by atoms with E-state index in [1.807, 2.05) is 6.08 Å². The van der Waals surface area contributed by atoms with Crippen LogP contribution in [0, 0.1) is 0 Å². The van der Waals surface area contributed by atoms with Crippen LogP contribution in [0.3, 0.4) is 0 Å². The van der Waals surface area contributed by atoms with E-state index in [0.717, 1.165) is 12.8 Å². The molecule has 1 aromatic rings. The Labute approximate surface area is 101 Å². The predicted molar refractivity (Wildman–Crippen MR) is 65.6 cm³/mol. The van der Waals surface area contributed by atoms with Crippen LogP contribution in [0.15, 0.2) is 31.0 Å². The molecule has 1 amide bonds. The monoisotopic (exact) mass is 238 g/mol. The van der Waals surface area contributed by atoms with Crippen molar-refractivity contribution in [3.8, 4) is 0 Å². The predicted octanol–water partition coefficient (Wildman–Crippen LogP) is 2.77. The van der Waals surface area contributed by atoms with Gasteiger partial charge in [-0.25, -0.2) is 4.98 Å². The fourth-order valence-electron chi connectivity index (χ4n) is 1.33. The van der Waals surface area contributed by atoms with E-state index in [1.54, 1.807) is 24.1 Å². The molecule has 86 valence electrons. The molecular weight excluding hydrogens is 224 g/mol. The Hall–Kier alpha value is -1.35. The number of pyridine rings is 1. The summed E-state index contributed by atoms with van der Waals surface area (Å²) in [5.74, 6) is -0.0339. The van der Waals surface area contributed by atoms with Crippen molar-refractivity contribution in [2.24, 2.45) is 0 Å². The van der Waals surface area contributed by atoms with Crippen LogP contribution < -0.4 is 0 Å². The number of aromatic nitrogens is 1. The summed E-state index contributed by atoms with van der Waals surface area (Å²) in [6.45, 7) is 4.36. The van der Waals surface area contributed by atoms with Crippen LogP contribution in [0.5, 0.6) is 0 Å². The van der Waals surface area contributed by atoms with Crippen molar-refractivity contribution in [2.75, 3.05) is 13.6 Å². The molecule has 3 nitrogen and oxygen atoms in total. The van der Waals surface area contributed by atoms with Gasteiger partial charge < -0.3 is 4.90 Å². The minimum Gasteiger partial charge on any atom is -0.342 e. The molecule has 1 aromatic heterocycles. The lowest BCUT2D eigenvalue weighted by Gasteiger charge is -2.16. The Bertz CT molecular complexity index is 379. The van der Waals surface area contributed by atoms with Gasteiger partial charge >= 0.3 is 0 Å². The number of nitrogens with zero attached hydrogens (tertiary/aromatic N) is 2. The number of unbranched alkanes of at least 4 members (excludes halogenated alkanes) is 1. The molecule has 0 N–H and O–H groups in total. The van der Waals surface area contributed by atoms with Crippen molar-refractivity contribution in [1.29, 1.82) is 0 Å². The second kappa shape index (κ2) is 6.28. The van der Waals surface area contributed by atoms with Gasteiger partial charge in [-0.2, -0.15) is 0 Å². The van der Waals surface area contributed by atoms with Crippen LogP contribution in [0.1, 0.15) is 23.2 Å². The lowest BCUT2D eigenvalue weighted by atomic mass is 10.2. The van der Waals surface area contributed by atoms with Gasteiger partial charge in [0.15, 0.2) is 0 Å². The molecule has 1 rings (SSSR count). The zero-order valence-corrected chi connectivity index (χ0v) is 10.1. The fourth-order valence-corrected chi connectivity index (χ4v) is 1.50. The highest BCUT2D eigenvalue weighted by atomic mass is 35.5. The van der Waals surface area contributed by atoms with Crippen LogP contribution in [-0.2, 0) is 0 Å². The van der Waals surface area contributed by atoms with E-state index in [4.69, 9.17) is 11.6 Å². The second-order valence-electron chi connectivity index (χ2n) is 3.52. The van der Waals surface area contributed by atoms with Crippen molar-refractivity contribution in [1.82, 2.24) is 9.88 Å². The van der Waals surface area contributed by atoms with Crippen molar-refractivity contribution >= 4 is 17.5 Å². The van der Waals surface area contributed by atoms with E-state index in [9.17, 15) is 4.79 Å². The molecule has 16 heavy (non-hydrogen) atoms. The van der Waals surface area contributed by atoms with Crippen LogP contribution in [0.2, 0.25) is 5.15 Å². The number of hydrogen-bond acceptors (Lipinski definition) is 2. The highest BCUT2D eigenvalue weighted by Crippen LogP contribution is 2.09. The summed E-state index contributed by atoms with van der Waals surface area (Å²) in [4.78, 5) is 17.4. The van der Waals surface area contributed by atoms with Gasteiger partial charge in [0.2, 0.25) is 0 Å². The summed E-state index contributed by atoms with van der Waals surface area (Å²) in [5.41, 5.74) is 0.570. The molecule has 0 unspecified atom stereocenters. The van der Waals surface area contributed by atoms with Crippen LogP contribution in [-0.4, -0.2) is 29.4 Å². The van der Waals surface area contributed by atoms with Crippen molar-refractivity contribution in [2.45, 2.75) is 12.8 Å². The summed E-state index contributed by atoms with van der Waals surface area (Å²) in [7, 11) is 1.78. The van der Waals surface area contributed by atoms with Gasteiger partial charge in [-0.15, -0.1) is 6.58 Å². The molecule has 1 heterocycles. The third kappa shape index (κ3) is 3.66. The number of allylic oxidation sites excluding steroid dienone is 1. The molecule has 0 saturated carbocycles. The van der Waals surface area contributed by atoms with Gasteiger partial charge in [-0.05, 0) is 25.0 Å². The average Bonchev–Trinajstić information content (AvgIpc) is 2.28. The smallest absolute Gasteiger partial charge is 0.253 e. The lowest BCUT2D eigenvalue weighted by molar-refractivity contribution is 0.0793. The standard InChI is InChI=1S/C12H15ClN2O/c1-3-4-5-8-15(2)12(16)10-6-7-14-11(13)9-10/h3,6-7,9H,1,4-5,8H2,2H3. The van der Waals surface area contributed by atoms with Crippen molar-refractivity contribution in [3.05, 3.63) is 41.7 Å². The fraction of sp³-hybridized carbons (Fsp3) is 0.333. The Morgan fingerprint density at radius 1 is 1.69 bits per heavy atom. The normalized spacial score (nSPS) is 9.88. The van der Waals surface area contributed by atoms with Crippen LogP contribution in [0.25, 0.3) is 0 Å². The van der Waals surface area contributed by atoms with Gasteiger partial charge in [-0.3, -0.25) is 4.79 Å². The number of halogens is 1. The molecule has 0 fully saturated rings. The highest BCUT2D eigenvalue weighted by Gasteiger charge is 2.11. The van der Waals surface area contributed by atoms with Crippen LogP contribution >= 0.6 is 11.6 Å². The maximum Gasteiger partial charge on any atom is 0.253 e. The first kappa shape index (κ1) is 12.7. The number of carbonyl (C=O) groups is 1. The Morgan fingerprint density at radius 2 is 2.44 bits per heavy atom. The summed E-state index contributed by atoms with van der Waals surface area (Å²) in [5, 5.41) is 0.338. The number of rotatable bonds is 5. The minimum atomic E-state index is -0.0339. The molecule has 0 radical (unpaired) electrons. The molecule has 4 heteroatoms. The molecular formula is C12H15ClN2O. The minimum absolute atomic E-state index is 0.0339. The average molecular weight is 239 g/mol. The zero-order valence-electron chi connectivity index (χ0n) is 9.32. The van der Waals surface area contributed by atoms with E-state index >= 15 is 0 Å². The number of carbonyl (C=O) groups excluding carboxylic acids is 1. The van der Waals surface area contributed by atoms with Gasteiger partial charge in [-0.1, -0.05) is 17.7 Å². The summed E-state index contributed by atoms with van der Waals surface area (Å²) >= 11 is 5.73. The maximum absolute atomic E-state index is 11.9. The molecule has 0 atom stereocenters.